The molecule has 10 heteroatoms. The van der Waals surface area contributed by atoms with Crippen molar-refractivity contribution in [1.29, 1.82) is 0 Å². The molecule has 0 bridgehead atoms. The van der Waals surface area contributed by atoms with E-state index in [1.165, 1.54) is 4.31 Å². The smallest absolute Gasteiger partial charge is 0.214 e. The predicted molar refractivity (Wildman–Crippen MR) is 128 cm³/mol. The molecule has 30 heavy (non-hydrogen) atoms. The molecular weight excluding hydrogens is 487 g/mol. The Morgan fingerprint density at radius 3 is 2.10 bits per heavy atom. The maximum absolute atomic E-state index is 13.3. The Morgan fingerprint density at radius 1 is 0.900 bits per heavy atom. The van der Waals surface area contributed by atoms with Crippen LogP contribution in [0.15, 0.2) is 47.4 Å². The van der Waals surface area contributed by atoms with E-state index in [0.717, 1.165) is 0 Å². The van der Waals surface area contributed by atoms with Crippen molar-refractivity contribution in [2.24, 2.45) is 0 Å². The lowest BCUT2D eigenvalue weighted by molar-refractivity contribution is 0.443. The summed E-state index contributed by atoms with van der Waals surface area (Å²) < 4.78 is 41.2. The molecule has 2 aromatic carbocycles. The van der Waals surface area contributed by atoms with E-state index in [4.69, 9.17) is 34.8 Å². The number of halogens is 3. The summed E-state index contributed by atoms with van der Waals surface area (Å²) in [5.74, 6) is 0.0410. The minimum Gasteiger partial charge on any atom is -0.286 e. The molecule has 0 spiro atoms. The first kappa shape index (κ1) is 25.4. The third kappa shape index (κ3) is 6.84. The molecule has 0 heterocycles. The lowest BCUT2D eigenvalue weighted by atomic mass is 10.3. The fraction of sp³-hybridized carbons (Fsp3) is 0.400. The summed E-state index contributed by atoms with van der Waals surface area (Å²) in [6.45, 7) is 4.88. The van der Waals surface area contributed by atoms with E-state index in [1.54, 1.807) is 46.8 Å². The molecule has 0 N–H and O–H groups in total. The standard InChI is InChI=1S/C20H25Cl3N2O3S2/c1-3-24(4-2)30(27,28)14-6-5-13-25(20-15-17(22)9-12-19(20)23)29(26)18-10-7-16(21)8-11-18/h7-12,15H,3-6,13-14H2,1-2H3. The Morgan fingerprint density at radius 2 is 1.50 bits per heavy atom. The van der Waals surface area contributed by atoms with Crippen molar-refractivity contribution in [3.8, 4) is 0 Å². The van der Waals surface area contributed by atoms with E-state index >= 15 is 0 Å². The molecular formula is C20H25Cl3N2O3S2. The minimum absolute atomic E-state index is 0.0410. The number of benzene rings is 2. The molecule has 0 amide bonds. The van der Waals surface area contributed by atoms with Crippen LogP contribution < -0.4 is 4.31 Å². The van der Waals surface area contributed by atoms with Gasteiger partial charge in [0.05, 0.1) is 21.4 Å². The molecule has 0 aliphatic rings. The number of hydrogen-bond acceptors (Lipinski definition) is 3. The monoisotopic (exact) mass is 510 g/mol. The van der Waals surface area contributed by atoms with Crippen LogP contribution in [0.5, 0.6) is 0 Å². The third-order valence-electron chi connectivity index (χ3n) is 4.50. The Labute approximate surface area is 196 Å². The molecule has 2 aromatic rings. The highest BCUT2D eigenvalue weighted by atomic mass is 35.5. The van der Waals surface area contributed by atoms with Crippen LogP contribution in [0.4, 0.5) is 5.69 Å². The van der Waals surface area contributed by atoms with Gasteiger partial charge in [0.15, 0.2) is 11.0 Å². The molecule has 0 saturated heterocycles. The van der Waals surface area contributed by atoms with Crippen LogP contribution in [0.25, 0.3) is 0 Å². The molecule has 0 aliphatic carbocycles. The van der Waals surface area contributed by atoms with Crippen LogP contribution in [-0.4, -0.2) is 42.3 Å². The van der Waals surface area contributed by atoms with Gasteiger partial charge >= 0.3 is 0 Å². The zero-order valence-electron chi connectivity index (χ0n) is 16.9. The quantitative estimate of drug-likeness (QED) is 0.367. The second-order valence-corrected chi connectivity index (χ2v) is 11.3. The van der Waals surface area contributed by atoms with E-state index in [1.807, 2.05) is 13.8 Å². The topological polar surface area (TPSA) is 57.7 Å². The van der Waals surface area contributed by atoms with Gasteiger partial charge in [-0.25, -0.2) is 16.9 Å². The van der Waals surface area contributed by atoms with Crippen molar-refractivity contribution < 1.29 is 12.6 Å². The van der Waals surface area contributed by atoms with Crippen molar-refractivity contribution in [1.82, 2.24) is 4.31 Å². The highest BCUT2D eigenvalue weighted by Crippen LogP contribution is 2.32. The average Bonchev–Trinajstić information content (AvgIpc) is 2.71. The molecule has 1 atom stereocenters. The Balaban J connectivity index is 2.19. The highest BCUT2D eigenvalue weighted by Gasteiger charge is 2.21. The number of nitrogens with zero attached hydrogens (tertiary/aromatic N) is 2. The summed E-state index contributed by atoms with van der Waals surface area (Å²) in [7, 11) is -4.86. The molecule has 0 saturated carbocycles. The number of rotatable bonds is 11. The zero-order chi connectivity index (χ0) is 22.3. The van der Waals surface area contributed by atoms with Crippen molar-refractivity contribution >= 4 is 61.5 Å². The fourth-order valence-electron chi connectivity index (χ4n) is 2.93. The molecule has 5 nitrogen and oxygen atoms in total. The van der Waals surface area contributed by atoms with Crippen LogP contribution in [0, 0.1) is 0 Å². The Hall–Kier alpha value is -0.830. The highest BCUT2D eigenvalue weighted by molar-refractivity contribution is 7.89. The van der Waals surface area contributed by atoms with Gasteiger partial charge in [0.2, 0.25) is 10.0 Å². The summed E-state index contributed by atoms with van der Waals surface area (Å²) in [5.41, 5.74) is 0.532. The second kappa shape index (κ2) is 11.7. The zero-order valence-corrected chi connectivity index (χ0v) is 20.8. The van der Waals surface area contributed by atoms with E-state index in [2.05, 4.69) is 0 Å². The van der Waals surface area contributed by atoms with Gasteiger partial charge in [0.25, 0.3) is 0 Å². The van der Waals surface area contributed by atoms with Gasteiger partial charge in [-0.2, -0.15) is 0 Å². The van der Waals surface area contributed by atoms with Crippen molar-refractivity contribution in [2.45, 2.75) is 31.6 Å². The molecule has 2 rings (SSSR count). The van der Waals surface area contributed by atoms with E-state index < -0.39 is 21.0 Å². The maximum atomic E-state index is 13.3. The first-order valence-corrected chi connectivity index (χ1v) is 13.4. The first-order valence-electron chi connectivity index (χ1n) is 9.57. The van der Waals surface area contributed by atoms with Gasteiger partial charge < -0.3 is 0 Å². The third-order valence-corrected chi connectivity index (χ3v) is 8.87. The molecule has 0 aromatic heterocycles. The molecule has 0 aliphatic heterocycles. The van der Waals surface area contributed by atoms with Crippen molar-refractivity contribution in [3.05, 3.63) is 57.5 Å². The van der Waals surface area contributed by atoms with Crippen LogP contribution in [-0.2, 0) is 21.0 Å². The largest absolute Gasteiger partial charge is 0.286 e. The maximum Gasteiger partial charge on any atom is 0.214 e. The number of unbranched alkanes of at least 4 members (excludes halogenated alkanes) is 1. The molecule has 166 valence electrons. The van der Waals surface area contributed by atoms with Crippen LogP contribution in [0.2, 0.25) is 15.1 Å². The van der Waals surface area contributed by atoms with E-state index in [-0.39, 0.29) is 5.75 Å². The number of hydrogen-bond donors (Lipinski definition) is 0. The van der Waals surface area contributed by atoms with Gasteiger partial charge in [0, 0.05) is 29.7 Å². The van der Waals surface area contributed by atoms with Crippen molar-refractivity contribution in [3.63, 3.8) is 0 Å². The second-order valence-electron chi connectivity index (χ2n) is 6.51. The van der Waals surface area contributed by atoms with Gasteiger partial charge in [0.1, 0.15) is 0 Å². The lowest BCUT2D eigenvalue weighted by Gasteiger charge is -2.25. The fourth-order valence-corrected chi connectivity index (χ4v) is 6.36. The van der Waals surface area contributed by atoms with Crippen LogP contribution >= 0.6 is 34.8 Å². The van der Waals surface area contributed by atoms with Gasteiger partial charge in [-0.05, 0) is 55.3 Å². The SMILES string of the molecule is CCN(CC)S(=O)(=O)CCCCN(c1cc(Cl)ccc1Cl)S(=O)c1ccc(Cl)cc1. The normalized spacial score (nSPS) is 12.9. The van der Waals surface area contributed by atoms with Crippen LogP contribution in [0.1, 0.15) is 26.7 Å². The predicted octanol–water partition coefficient (Wildman–Crippen LogP) is 5.63. The Bertz CT molecular complexity index is 966. The van der Waals surface area contributed by atoms with Crippen LogP contribution in [0.3, 0.4) is 0 Å². The molecule has 0 radical (unpaired) electrons. The van der Waals surface area contributed by atoms with E-state index in [0.29, 0.717) is 58.1 Å². The summed E-state index contributed by atoms with van der Waals surface area (Å²) in [4.78, 5) is 0.561. The van der Waals surface area contributed by atoms with Gasteiger partial charge in [-0.15, -0.1) is 0 Å². The number of sulfonamides is 1. The summed E-state index contributed by atoms with van der Waals surface area (Å²) in [6, 6.07) is 11.7. The first-order chi connectivity index (χ1) is 14.2. The molecule has 0 fully saturated rings. The average molecular weight is 512 g/mol. The van der Waals surface area contributed by atoms with Gasteiger partial charge in [-0.1, -0.05) is 48.7 Å². The molecule has 1 unspecified atom stereocenters. The minimum atomic E-state index is -3.30. The number of anilines is 1. The van der Waals surface area contributed by atoms with Gasteiger partial charge in [-0.3, -0.25) is 4.31 Å². The summed E-state index contributed by atoms with van der Waals surface area (Å²) in [6.07, 6.45) is 0.952. The summed E-state index contributed by atoms with van der Waals surface area (Å²) in [5, 5.41) is 1.43. The summed E-state index contributed by atoms with van der Waals surface area (Å²) >= 11 is 18.4. The van der Waals surface area contributed by atoms with Crippen molar-refractivity contribution in [2.75, 3.05) is 29.7 Å². The van der Waals surface area contributed by atoms with E-state index in [9.17, 15) is 12.6 Å². The lowest BCUT2D eigenvalue weighted by Crippen LogP contribution is -2.33. The Kier molecular flexibility index (Phi) is 9.91.